The highest BCUT2D eigenvalue weighted by Crippen LogP contribution is 1.99. The van der Waals surface area contributed by atoms with E-state index in [0.717, 1.165) is 6.26 Å². The van der Waals surface area contributed by atoms with Crippen LogP contribution in [-0.4, -0.2) is 74.8 Å². The van der Waals surface area contributed by atoms with Crippen molar-refractivity contribution in [3.8, 4) is 0 Å². The van der Waals surface area contributed by atoms with Crippen molar-refractivity contribution in [2.45, 2.75) is 32.4 Å². The highest BCUT2D eigenvalue weighted by atomic mass is 32.2. The van der Waals surface area contributed by atoms with Crippen molar-refractivity contribution in [2.75, 3.05) is 32.2 Å². The topological polar surface area (TPSA) is 113 Å². The predicted octanol–water partition coefficient (Wildman–Crippen LogP) is -0.0593. The molecule has 1 atom stereocenters. The van der Waals surface area contributed by atoms with Crippen LogP contribution in [0.15, 0.2) is 0 Å². The molecule has 2 N–H and O–H groups in total. The molecule has 0 aromatic heterocycles. The first-order valence-corrected chi connectivity index (χ1v) is 8.62. The van der Waals surface area contributed by atoms with Gasteiger partial charge < -0.3 is 20.1 Å². The number of carboxylic acids is 1. The quantitative estimate of drug-likeness (QED) is 0.614. The van der Waals surface area contributed by atoms with E-state index < -0.39 is 27.9 Å². The minimum atomic E-state index is -3.28. The van der Waals surface area contributed by atoms with E-state index in [9.17, 15) is 18.0 Å². The number of likely N-dealkylation sites (N-methyl/N-ethyl adjacent to an activating group) is 1. The van der Waals surface area contributed by atoms with Crippen LogP contribution in [0, 0.1) is 0 Å². The lowest BCUT2D eigenvalue weighted by atomic mass is 10.2. The van der Waals surface area contributed by atoms with E-state index in [-0.39, 0.29) is 18.3 Å². The number of carbonyl (C=O) groups excluding carboxylic acids is 1. The smallest absolute Gasteiger partial charge is 0.326 e. The first-order chi connectivity index (χ1) is 9.53. The van der Waals surface area contributed by atoms with Crippen molar-refractivity contribution in [1.82, 2.24) is 10.2 Å². The van der Waals surface area contributed by atoms with E-state index in [0.29, 0.717) is 13.2 Å². The Labute approximate surface area is 125 Å². The van der Waals surface area contributed by atoms with E-state index in [1.807, 2.05) is 13.8 Å². The van der Waals surface area contributed by atoms with Crippen molar-refractivity contribution in [1.29, 1.82) is 0 Å². The Morgan fingerprint density at radius 1 is 1.33 bits per heavy atom. The van der Waals surface area contributed by atoms with Gasteiger partial charge in [0.25, 0.3) is 0 Å². The maximum absolute atomic E-state index is 11.8. The van der Waals surface area contributed by atoms with E-state index in [2.05, 4.69) is 5.32 Å². The third-order valence-corrected chi connectivity index (χ3v) is 3.57. The van der Waals surface area contributed by atoms with Crippen molar-refractivity contribution >= 4 is 21.8 Å². The largest absolute Gasteiger partial charge is 0.480 e. The summed E-state index contributed by atoms with van der Waals surface area (Å²) in [5.41, 5.74) is 0. The van der Waals surface area contributed by atoms with Crippen molar-refractivity contribution < 1.29 is 27.9 Å². The predicted molar refractivity (Wildman–Crippen MR) is 78.0 cm³/mol. The molecular formula is C12H24N2O6S. The van der Waals surface area contributed by atoms with Gasteiger partial charge in [-0.05, 0) is 20.3 Å². The number of carboxylic acid groups (broad SMARTS) is 1. The average molecular weight is 324 g/mol. The van der Waals surface area contributed by atoms with Gasteiger partial charge in [0.15, 0.2) is 0 Å². The summed E-state index contributed by atoms with van der Waals surface area (Å²) in [6.45, 7) is 4.38. The Balaban J connectivity index is 4.37. The highest BCUT2D eigenvalue weighted by molar-refractivity contribution is 7.90. The molecule has 0 radical (unpaired) electrons. The first kappa shape index (κ1) is 19.7. The fraction of sp³-hybridized carbons (Fsp3) is 0.833. The number of nitrogens with one attached hydrogen (secondary N) is 1. The molecule has 0 aliphatic heterocycles. The van der Waals surface area contributed by atoms with Crippen LogP contribution >= 0.6 is 0 Å². The summed E-state index contributed by atoms with van der Waals surface area (Å²) in [6.07, 6.45) is 0.891. The van der Waals surface area contributed by atoms with E-state index in [1.165, 1.54) is 11.9 Å². The van der Waals surface area contributed by atoms with Gasteiger partial charge in [-0.2, -0.15) is 0 Å². The summed E-state index contributed by atoms with van der Waals surface area (Å²) in [4.78, 5) is 24.1. The minimum absolute atomic E-state index is 0.0444. The third kappa shape index (κ3) is 10.1. The standard InChI is InChI=1S/C12H24N2O6S/c1-9(2)20-7-6-14(3)12(17)13-10(11(15)16)5-8-21(4,18)19/h9-10H,5-8H2,1-4H3,(H,13,17)(H,15,16). The molecule has 0 saturated heterocycles. The fourth-order valence-electron chi connectivity index (χ4n) is 1.38. The number of hydrogen-bond donors (Lipinski definition) is 2. The number of sulfone groups is 1. The molecule has 0 fully saturated rings. The maximum Gasteiger partial charge on any atom is 0.326 e. The lowest BCUT2D eigenvalue weighted by Gasteiger charge is -2.21. The second kappa shape index (κ2) is 8.83. The van der Waals surface area contributed by atoms with Crippen LogP contribution < -0.4 is 5.32 Å². The Morgan fingerprint density at radius 2 is 1.90 bits per heavy atom. The van der Waals surface area contributed by atoms with Gasteiger partial charge in [-0.25, -0.2) is 18.0 Å². The second-order valence-corrected chi connectivity index (χ2v) is 7.36. The summed E-state index contributed by atoms with van der Waals surface area (Å²) in [5, 5.41) is 11.3. The molecule has 0 bridgehead atoms. The number of rotatable bonds is 9. The summed E-state index contributed by atoms with van der Waals surface area (Å²) in [6, 6.07) is -1.82. The lowest BCUT2D eigenvalue weighted by molar-refractivity contribution is -0.139. The lowest BCUT2D eigenvalue weighted by Crippen LogP contribution is -2.48. The Kier molecular flexibility index (Phi) is 8.26. The minimum Gasteiger partial charge on any atom is -0.480 e. The van der Waals surface area contributed by atoms with Crippen LogP contribution in [-0.2, 0) is 19.4 Å². The van der Waals surface area contributed by atoms with Crippen LogP contribution in [0.5, 0.6) is 0 Å². The number of ether oxygens (including phenoxy) is 1. The van der Waals surface area contributed by atoms with Gasteiger partial charge in [-0.1, -0.05) is 0 Å². The molecule has 0 heterocycles. The molecule has 0 aromatic rings. The number of nitrogens with zero attached hydrogens (tertiary/aromatic N) is 1. The van der Waals surface area contributed by atoms with Gasteiger partial charge in [-0.3, -0.25) is 0 Å². The molecule has 0 aromatic carbocycles. The van der Waals surface area contributed by atoms with Crippen LogP contribution in [0.3, 0.4) is 0 Å². The molecule has 124 valence electrons. The summed E-state index contributed by atoms with van der Waals surface area (Å²) < 4.78 is 27.4. The first-order valence-electron chi connectivity index (χ1n) is 6.56. The van der Waals surface area contributed by atoms with Crippen molar-refractivity contribution in [2.24, 2.45) is 0 Å². The number of hydrogen-bond acceptors (Lipinski definition) is 5. The molecule has 2 amide bonds. The number of amides is 2. The number of carbonyl (C=O) groups is 2. The molecule has 0 aliphatic carbocycles. The molecule has 0 spiro atoms. The fourth-order valence-corrected chi connectivity index (χ4v) is 2.04. The Hall–Kier alpha value is -1.35. The van der Waals surface area contributed by atoms with Crippen LogP contribution in [0.2, 0.25) is 0 Å². The third-order valence-electron chi connectivity index (χ3n) is 2.60. The van der Waals surface area contributed by atoms with Gasteiger partial charge in [0, 0.05) is 19.8 Å². The summed E-state index contributed by atoms with van der Waals surface area (Å²) >= 11 is 0. The number of urea groups is 1. The molecule has 0 aliphatic rings. The zero-order valence-electron chi connectivity index (χ0n) is 12.8. The van der Waals surface area contributed by atoms with Crippen LogP contribution in [0.4, 0.5) is 4.79 Å². The van der Waals surface area contributed by atoms with Gasteiger partial charge in [0.05, 0.1) is 18.5 Å². The molecule has 0 saturated carbocycles. The SMILES string of the molecule is CC(C)OCCN(C)C(=O)NC(CCS(C)(=O)=O)C(=O)O. The summed E-state index contributed by atoms with van der Waals surface area (Å²) in [5.74, 6) is -1.57. The van der Waals surface area contributed by atoms with E-state index in [4.69, 9.17) is 9.84 Å². The summed E-state index contributed by atoms with van der Waals surface area (Å²) in [7, 11) is -1.77. The van der Waals surface area contributed by atoms with Crippen LogP contribution in [0.25, 0.3) is 0 Å². The highest BCUT2D eigenvalue weighted by Gasteiger charge is 2.23. The molecule has 1 unspecified atom stereocenters. The normalized spacial score (nSPS) is 13.0. The second-order valence-electron chi connectivity index (χ2n) is 5.10. The maximum atomic E-state index is 11.8. The van der Waals surface area contributed by atoms with E-state index in [1.54, 1.807) is 0 Å². The van der Waals surface area contributed by atoms with Gasteiger partial charge in [0.2, 0.25) is 0 Å². The number of aliphatic carboxylic acids is 1. The average Bonchev–Trinajstić information content (AvgIpc) is 2.31. The van der Waals surface area contributed by atoms with Crippen LogP contribution in [0.1, 0.15) is 20.3 Å². The van der Waals surface area contributed by atoms with Gasteiger partial charge in [0.1, 0.15) is 15.9 Å². The zero-order chi connectivity index (χ0) is 16.6. The molecular weight excluding hydrogens is 300 g/mol. The molecule has 8 nitrogen and oxygen atoms in total. The zero-order valence-corrected chi connectivity index (χ0v) is 13.6. The van der Waals surface area contributed by atoms with Gasteiger partial charge >= 0.3 is 12.0 Å². The molecule has 9 heteroatoms. The van der Waals surface area contributed by atoms with Crippen molar-refractivity contribution in [3.63, 3.8) is 0 Å². The van der Waals surface area contributed by atoms with E-state index >= 15 is 0 Å². The Morgan fingerprint density at radius 3 is 2.33 bits per heavy atom. The van der Waals surface area contributed by atoms with Gasteiger partial charge in [-0.15, -0.1) is 0 Å². The monoisotopic (exact) mass is 324 g/mol. The van der Waals surface area contributed by atoms with Crippen molar-refractivity contribution in [3.05, 3.63) is 0 Å². The molecule has 0 rings (SSSR count). The molecule has 21 heavy (non-hydrogen) atoms. The Bertz CT molecular complexity index is 449.